The zero-order chi connectivity index (χ0) is 16.9. The molecule has 2 N–H and O–H groups in total. The van der Waals surface area contributed by atoms with Crippen LogP contribution in [0.4, 0.5) is 5.69 Å². The summed E-state index contributed by atoms with van der Waals surface area (Å²) in [6.45, 7) is 2.65. The summed E-state index contributed by atoms with van der Waals surface area (Å²) in [5, 5.41) is 5.42. The Morgan fingerprint density at radius 1 is 1.17 bits per heavy atom. The predicted molar refractivity (Wildman–Crippen MR) is 97.2 cm³/mol. The first-order chi connectivity index (χ1) is 11.6. The molecule has 24 heavy (non-hydrogen) atoms. The maximum Gasteiger partial charge on any atom is 0.238 e. The first-order valence-corrected chi connectivity index (χ1v) is 8.89. The molecule has 0 saturated carbocycles. The van der Waals surface area contributed by atoms with E-state index in [4.69, 9.17) is 0 Å². The van der Waals surface area contributed by atoms with Crippen LogP contribution in [0.25, 0.3) is 0 Å². The minimum atomic E-state index is -0.382. The van der Waals surface area contributed by atoms with Crippen LogP contribution in [0, 0.1) is 0 Å². The highest BCUT2D eigenvalue weighted by molar-refractivity contribution is 8.01. The molecule has 0 unspecified atom stereocenters. The van der Waals surface area contributed by atoms with E-state index in [-0.39, 0.29) is 29.4 Å². The van der Waals surface area contributed by atoms with Crippen molar-refractivity contribution in [2.75, 3.05) is 11.9 Å². The van der Waals surface area contributed by atoms with E-state index < -0.39 is 0 Å². The van der Waals surface area contributed by atoms with Crippen LogP contribution in [0.2, 0.25) is 0 Å². The first kappa shape index (κ1) is 16.6. The molecular weight excluding hydrogens is 320 g/mol. The van der Waals surface area contributed by atoms with E-state index in [2.05, 4.69) is 29.7 Å². The number of hydrogen-bond donors (Lipinski definition) is 2. The Morgan fingerprint density at radius 3 is 2.67 bits per heavy atom. The molecule has 3 rings (SSSR count). The number of benzene rings is 2. The highest BCUT2D eigenvalue weighted by atomic mass is 32.2. The highest BCUT2D eigenvalue weighted by Gasteiger charge is 2.28. The van der Waals surface area contributed by atoms with Crippen molar-refractivity contribution in [3.63, 3.8) is 0 Å². The number of nitrogens with one attached hydrogen (secondary N) is 2. The molecule has 0 fully saturated rings. The lowest BCUT2D eigenvalue weighted by molar-refractivity contribution is -0.124. The second kappa shape index (κ2) is 7.53. The Morgan fingerprint density at radius 2 is 1.88 bits per heavy atom. The van der Waals surface area contributed by atoms with Gasteiger partial charge in [0.25, 0.3) is 0 Å². The Hall–Kier alpha value is -2.27. The molecule has 1 aliphatic rings. The largest absolute Gasteiger partial charge is 0.355 e. The summed E-state index contributed by atoms with van der Waals surface area (Å²) < 4.78 is 0. The molecule has 0 spiro atoms. The van der Waals surface area contributed by atoms with Gasteiger partial charge in [-0.1, -0.05) is 49.4 Å². The Labute approximate surface area is 146 Å². The van der Waals surface area contributed by atoms with Crippen molar-refractivity contribution in [2.45, 2.75) is 29.4 Å². The van der Waals surface area contributed by atoms with Gasteiger partial charge in [0.15, 0.2) is 0 Å². The van der Waals surface area contributed by atoms with Gasteiger partial charge in [0.05, 0.1) is 10.9 Å². The fourth-order valence-electron chi connectivity index (χ4n) is 2.63. The lowest BCUT2D eigenvalue weighted by atomic mass is 10.0. The average molecular weight is 340 g/mol. The van der Waals surface area contributed by atoms with Crippen molar-refractivity contribution in [1.29, 1.82) is 0 Å². The highest BCUT2D eigenvalue weighted by Crippen LogP contribution is 2.36. The maximum atomic E-state index is 12.2. The van der Waals surface area contributed by atoms with E-state index in [9.17, 15) is 9.59 Å². The third kappa shape index (κ3) is 3.97. The summed E-state index contributed by atoms with van der Waals surface area (Å²) in [7, 11) is 0. The van der Waals surface area contributed by atoms with Crippen LogP contribution < -0.4 is 10.6 Å². The number of hydrogen-bond acceptors (Lipinski definition) is 3. The molecule has 0 aromatic heterocycles. The summed E-state index contributed by atoms with van der Waals surface area (Å²) in [6.07, 6.45) is 0.187. The zero-order valence-corrected chi connectivity index (χ0v) is 14.3. The molecule has 0 radical (unpaired) electrons. The topological polar surface area (TPSA) is 58.2 Å². The summed E-state index contributed by atoms with van der Waals surface area (Å²) in [5.74, 6) is 0.0403. The Balaban J connectivity index is 1.53. The van der Waals surface area contributed by atoms with E-state index in [1.165, 1.54) is 17.3 Å². The minimum Gasteiger partial charge on any atom is -0.355 e. The lowest BCUT2D eigenvalue weighted by Crippen LogP contribution is -2.36. The van der Waals surface area contributed by atoms with Crippen molar-refractivity contribution < 1.29 is 9.59 Å². The molecule has 5 heteroatoms. The monoisotopic (exact) mass is 340 g/mol. The molecule has 2 amide bonds. The van der Waals surface area contributed by atoms with Crippen LogP contribution >= 0.6 is 11.8 Å². The first-order valence-electron chi connectivity index (χ1n) is 8.01. The van der Waals surface area contributed by atoms with Crippen LogP contribution in [-0.2, 0) is 9.59 Å². The average Bonchev–Trinajstić information content (AvgIpc) is 2.61. The van der Waals surface area contributed by atoms with Crippen molar-refractivity contribution in [2.24, 2.45) is 0 Å². The van der Waals surface area contributed by atoms with E-state index in [0.29, 0.717) is 6.54 Å². The Kier molecular flexibility index (Phi) is 5.20. The van der Waals surface area contributed by atoms with Gasteiger partial charge in [-0.15, -0.1) is 11.8 Å². The van der Waals surface area contributed by atoms with Gasteiger partial charge < -0.3 is 10.6 Å². The molecule has 124 valence electrons. The van der Waals surface area contributed by atoms with Gasteiger partial charge in [-0.25, -0.2) is 0 Å². The Bertz CT molecular complexity index is 733. The van der Waals surface area contributed by atoms with Gasteiger partial charge >= 0.3 is 0 Å². The number of amides is 2. The smallest absolute Gasteiger partial charge is 0.238 e. The maximum absolute atomic E-state index is 12.2. The molecule has 2 aromatic carbocycles. The molecule has 4 nitrogen and oxygen atoms in total. The fraction of sp³-hybridized carbons (Fsp3) is 0.263. The third-order valence-electron chi connectivity index (χ3n) is 4.05. The van der Waals surface area contributed by atoms with Crippen LogP contribution in [0.1, 0.15) is 24.8 Å². The van der Waals surface area contributed by atoms with E-state index in [1.807, 2.05) is 42.5 Å². The number of fused-ring (bicyclic) bond motifs is 1. The summed E-state index contributed by atoms with van der Waals surface area (Å²) >= 11 is 1.45. The standard InChI is InChI=1S/C19H20N2O2S/c1-13(14-7-3-2-4-8-14)12-20-18(22)11-17-19(23)21-15-9-5-6-10-16(15)24-17/h2-10,13,17H,11-12H2,1H3,(H,20,22)(H,21,23)/t13-,17+/m0/s1. The normalized spacial score (nSPS) is 17.5. The van der Waals surface area contributed by atoms with E-state index >= 15 is 0 Å². The molecule has 2 atom stereocenters. The molecular formula is C19H20N2O2S. The second-order valence-corrected chi connectivity index (χ2v) is 7.16. The third-order valence-corrected chi connectivity index (χ3v) is 5.33. The van der Waals surface area contributed by atoms with Gasteiger partial charge in [-0.2, -0.15) is 0 Å². The van der Waals surface area contributed by atoms with Gasteiger partial charge in [0.1, 0.15) is 0 Å². The van der Waals surface area contributed by atoms with Crippen molar-refractivity contribution in [1.82, 2.24) is 5.32 Å². The fourth-order valence-corrected chi connectivity index (χ4v) is 3.74. The van der Waals surface area contributed by atoms with Crippen LogP contribution in [0.5, 0.6) is 0 Å². The van der Waals surface area contributed by atoms with E-state index in [0.717, 1.165) is 10.6 Å². The molecule has 2 aromatic rings. The van der Waals surface area contributed by atoms with Crippen molar-refractivity contribution in [3.8, 4) is 0 Å². The molecule has 0 aliphatic carbocycles. The quantitative estimate of drug-likeness (QED) is 0.877. The number of para-hydroxylation sites is 1. The molecule has 1 aliphatic heterocycles. The van der Waals surface area contributed by atoms with Gasteiger partial charge in [0.2, 0.25) is 11.8 Å². The minimum absolute atomic E-state index is 0.0928. The van der Waals surface area contributed by atoms with Gasteiger partial charge in [-0.05, 0) is 23.6 Å². The van der Waals surface area contributed by atoms with Crippen molar-refractivity contribution in [3.05, 3.63) is 60.2 Å². The van der Waals surface area contributed by atoms with E-state index in [1.54, 1.807) is 0 Å². The number of thioether (sulfide) groups is 1. The lowest BCUT2D eigenvalue weighted by Gasteiger charge is -2.23. The van der Waals surface area contributed by atoms with Gasteiger partial charge in [0, 0.05) is 17.9 Å². The molecule has 0 bridgehead atoms. The summed E-state index contributed by atoms with van der Waals surface area (Å²) in [6, 6.07) is 17.7. The number of anilines is 1. The molecule has 1 heterocycles. The SMILES string of the molecule is C[C@@H](CNC(=O)C[C@H]1Sc2ccccc2NC1=O)c1ccccc1. The van der Waals surface area contributed by atoms with Crippen molar-refractivity contribution >= 4 is 29.3 Å². The summed E-state index contributed by atoms with van der Waals surface area (Å²) in [5.41, 5.74) is 2.01. The summed E-state index contributed by atoms with van der Waals surface area (Å²) in [4.78, 5) is 25.3. The van der Waals surface area contributed by atoms with Crippen LogP contribution in [0.15, 0.2) is 59.5 Å². The second-order valence-electron chi connectivity index (χ2n) is 5.91. The predicted octanol–water partition coefficient (Wildman–Crippen LogP) is 3.41. The molecule has 0 saturated heterocycles. The van der Waals surface area contributed by atoms with Gasteiger partial charge in [-0.3, -0.25) is 9.59 Å². The number of carbonyl (C=O) groups is 2. The zero-order valence-electron chi connectivity index (χ0n) is 13.5. The van der Waals surface area contributed by atoms with Crippen LogP contribution in [0.3, 0.4) is 0 Å². The number of rotatable bonds is 5. The van der Waals surface area contributed by atoms with Crippen LogP contribution in [-0.4, -0.2) is 23.6 Å². The number of carbonyl (C=O) groups excluding carboxylic acids is 2.